The van der Waals surface area contributed by atoms with Crippen LogP contribution in [0.2, 0.25) is 0 Å². The highest BCUT2D eigenvalue weighted by atomic mass is 32.2. The predicted octanol–water partition coefficient (Wildman–Crippen LogP) is 8.12. The Balaban J connectivity index is 1.12. The molecule has 1 aliphatic heterocycles. The maximum Gasteiger partial charge on any atom is 0.246 e. The second-order valence-corrected chi connectivity index (χ2v) is 17.4. The van der Waals surface area contributed by atoms with Crippen molar-refractivity contribution in [3.8, 4) is 0 Å². The summed E-state index contributed by atoms with van der Waals surface area (Å²) in [5, 5.41) is 4.90. The van der Waals surface area contributed by atoms with E-state index in [1.165, 1.54) is 36.3 Å². The number of halogens is 1. The molecule has 0 radical (unpaired) electrons. The van der Waals surface area contributed by atoms with Gasteiger partial charge in [0.1, 0.15) is 11.4 Å². The van der Waals surface area contributed by atoms with Crippen molar-refractivity contribution in [1.82, 2.24) is 15.2 Å². The van der Waals surface area contributed by atoms with E-state index in [2.05, 4.69) is 55.3 Å². The predicted molar refractivity (Wildman–Crippen MR) is 183 cm³/mol. The summed E-state index contributed by atoms with van der Waals surface area (Å²) in [6.07, 6.45) is 8.69. The number of aromatic nitrogens is 1. The van der Waals surface area contributed by atoms with Crippen molar-refractivity contribution >= 4 is 34.5 Å². The Labute approximate surface area is 276 Å². The molecule has 4 bridgehead atoms. The fourth-order valence-corrected chi connectivity index (χ4v) is 12.1. The van der Waals surface area contributed by atoms with Gasteiger partial charge in [-0.2, -0.15) is 11.8 Å². The normalized spacial score (nSPS) is 32.0. The number of aromatic amines is 1. The molecule has 5 nitrogen and oxygen atoms in total. The lowest BCUT2D eigenvalue weighted by Crippen LogP contribution is -2.68. The molecule has 2 amide bonds. The Kier molecular flexibility index (Phi) is 7.39. The van der Waals surface area contributed by atoms with E-state index in [0.29, 0.717) is 42.6 Å². The molecule has 2 heterocycles. The Morgan fingerprint density at radius 3 is 2.26 bits per heavy atom. The Morgan fingerprint density at radius 2 is 1.59 bits per heavy atom. The smallest absolute Gasteiger partial charge is 0.246 e. The van der Waals surface area contributed by atoms with E-state index in [1.54, 1.807) is 12.1 Å². The van der Waals surface area contributed by atoms with Gasteiger partial charge in [-0.3, -0.25) is 9.59 Å². The van der Waals surface area contributed by atoms with Crippen LogP contribution in [0.1, 0.15) is 94.4 Å². The molecular weight excluding hydrogens is 594 g/mol. The van der Waals surface area contributed by atoms with Gasteiger partial charge in [0.05, 0.1) is 0 Å². The highest BCUT2D eigenvalue weighted by molar-refractivity contribution is 7.99. The molecule has 3 aromatic rings. The molecule has 6 fully saturated rings. The van der Waals surface area contributed by atoms with Crippen LogP contribution < -0.4 is 5.32 Å². The zero-order chi connectivity index (χ0) is 31.8. The average molecular weight is 642 g/mol. The summed E-state index contributed by atoms with van der Waals surface area (Å²) in [6.45, 7) is 6.79. The van der Waals surface area contributed by atoms with Crippen LogP contribution in [-0.4, -0.2) is 44.3 Å². The summed E-state index contributed by atoms with van der Waals surface area (Å²) in [4.78, 5) is 35.1. The summed E-state index contributed by atoms with van der Waals surface area (Å²) >= 11 is 1.85. The van der Waals surface area contributed by atoms with Crippen molar-refractivity contribution in [3.05, 3.63) is 71.2 Å². The number of fused-ring (bicyclic) bond motifs is 1. The van der Waals surface area contributed by atoms with Gasteiger partial charge in [-0.25, -0.2) is 4.39 Å². The van der Waals surface area contributed by atoms with Gasteiger partial charge in [-0.05, 0) is 122 Å². The van der Waals surface area contributed by atoms with Crippen molar-refractivity contribution in [2.24, 2.45) is 29.1 Å². The summed E-state index contributed by atoms with van der Waals surface area (Å²) in [5.41, 5.74) is 2.90. The van der Waals surface area contributed by atoms with Crippen LogP contribution in [0.5, 0.6) is 0 Å². The Hall–Kier alpha value is -2.80. The quantitative estimate of drug-likeness (QED) is 0.261. The van der Waals surface area contributed by atoms with Gasteiger partial charge in [-0.15, -0.1) is 0 Å². The standard InChI is InChI=1S/C39H48FN3O2S/c1-24-34(29-9-5-7-11-32(29)41-24)35-30(37(35,2)3)19-33(44)43(23-28-8-4-6-10-31(28)40)39(12-14-46-15-13-39)36(45)42-38-20-25-16-26(21-38)18-27(17-25)22-38/h4-11,25-27,30,35,41H,12-23H2,1-3H3,(H,42,45). The largest absolute Gasteiger partial charge is 0.358 e. The first-order valence-corrected chi connectivity index (χ1v) is 18.8. The molecule has 5 saturated carbocycles. The van der Waals surface area contributed by atoms with Crippen molar-refractivity contribution in [1.29, 1.82) is 0 Å². The molecule has 1 saturated heterocycles. The number of carbonyl (C=O) groups excluding carboxylic acids is 2. The average Bonchev–Trinajstić information content (AvgIpc) is 3.36. The molecule has 5 aliphatic carbocycles. The van der Waals surface area contributed by atoms with E-state index in [0.717, 1.165) is 42.0 Å². The first-order valence-electron chi connectivity index (χ1n) is 17.6. The number of benzene rings is 2. The number of carbonyl (C=O) groups is 2. The monoisotopic (exact) mass is 641 g/mol. The highest BCUT2D eigenvalue weighted by Gasteiger charge is 2.61. The number of amides is 2. The maximum absolute atomic E-state index is 15.3. The third-order valence-corrected chi connectivity index (χ3v) is 13.9. The summed E-state index contributed by atoms with van der Waals surface area (Å²) in [6, 6.07) is 15.2. The summed E-state index contributed by atoms with van der Waals surface area (Å²) in [7, 11) is 0. The topological polar surface area (TPSA) is 65.2 Å². The van der Waals surface area contributed by atoms with Gasteiger partial charge in [-0.1, -0.05) is 50.2 Å². The number of thioether (sulfide) groups is 1. The van der Waals surface area contributed by atoms with Crippen LogP contribution in [-0.2, 0) is 16.1 Å². The lowest BCUT2D eigenvalue weighted by atomic mass is 9.53. The van der Waals surface area contributed by atoms with E-state index in [-0.39, 0.29) is 47.0 Å². The molecule has 2 aromatic carbocycles. The maximum atomic E-state index is 15.3. The zero-order valence-corrected chi connectivity index (χ0v) is 28.4. The number of H-pyrrole nitrogens is 1. The molecule has 2 unspecified atom stereocenters. The molecule has 6 aliphatic rings. The molecular formula is C39H48FN3O2S. The second-order valence-electron chi connectivity index (χ2n) is 16.2. The SMILES string of the molecule is Cc1[nH]c2ccccc2c1C1C(CC(=O)N(Cc2ccccc2F)C2(C(=O)NC34CC5CC(CC(C5)C3)C4)CCSCC2)C1(C)C. The van der Waals surface area contributed by atoms with E-state index in [4.69, 9.17) is 0 Å². The molecule has 2 N–H and O–H groups in total. The first kappa shape index (κ1) is 30.5. The molecule has 1 aromatic heterocycles. The lowest BCUT2D eigenvalue weighted by molar-refractivity contribution is -0.153. The zero-order valence-electron chi connectivity index (χ0n) is 27.5. The second kappa shape index (κ2) is 11.1. The Bertz CT molecular complexity index is 1640. The van der Waals surface area contributed by atoms with Gasteiger partial charge in [0.25, 0.3) is 0 Å². The minimum Gasteiger partial charge on any atom is -0.358 e. The van der Waals surface area contributed by atoms with Gasteiger partial charge >= 0.3 is 0 Å². The van der Waals surface area contributed by atoms with Crippen LogP contribution in [0.15, 0.2) is 48.5 Å². The van der Waals surface area contributed by atoms with Crippen LogP contribution in [0.4, 0.5) is 4.39 Å². The van der Waals surface area contributed by atoms with Gasteiger partial charge < -0.3 is 15.2 Å². The number of aryl methyl sites for hydroxylation is 1. The van der Waals surface area contributed by atoms with Crippen LogP contribution >= 0.6 is 11.8 Å². The molecule has 7 heteroatoms. The molecule has 46 heavy (non-hydrogen) atoms. The van der Waals surface area contributed by atoms with E-state index in [1.807, 2.05) is 22.7 Å². The highest BCUT2D eigenvalue weighted by Crippen LogP contribution is 2.67. The van der Waals surface area contributed by atoms with E-state index >= 15 is 4.39 Å². The number of rotatable bonds is 8. The molecule has 244 valence electrons. The van der Waals surface area contributed by atoms with Crippen molar-refractivity contribution in [2.45, 2.75) is 102 Å². The van der Waals surface area contributed by atoms with Gasteiger partial charge in [0.15, 0.2) is 0 Å². The fourth-order valence-electron chi connectivity index (χ4n) is 10.9. The minimum atomic E-state index is -0.973. The lowest BCUT2D eigenvalue weighted by Gasteiger charge is -2.58. The first-order chi connectivity index (χ1) is 22.1. The van der Waals surface area contributed by atoms with Gasteiger partial charge in [0, 0.05) is 40.7 Å². The van der Waals surface area contributed by atoms with Crippen molar-refractivity contribution in [2.75, 3.05) is 11.5 Å². The van der Waals surface area contributed by atoms with Crippen LogP contribution in [0, 0.1) is 41.8 Å². The van der Waals surface area contributed by atoms with Crippen LogP contribution in [0.25, 0.3) is 10.9 Å². The summed E-state index contributed by atoms with van der Waals surface area (Å²) < 4.78 is 15.3. The third-order valence-electron chi connectivity index (χ3n) is 13.0. The Morgan fingerprint density at radius 1 is 0.957 bits per heavy atom. The molecule has 0 spiro atoms. The fraction of sp³-hybridized carbons (Fsp3) is 0.590. The number of hydrogen-bond donors (Lipinski definition) is 2. The van der Waals surface area contributed by atoms with E-state index < -0.39 is 5.54 Å². The molecule has 9 rings (SSSR count). The number of nitrogens with one attached hydrogen (secondary N) is 2. The van der Waals surface area contributed by atoms with Crippen molar-refractivity contribution < 1.29 is 14.0 Å². The molecule has 2 atom stereocenters. The van der Waals surface area contributed by atoms with Crippen LogP contribution in [0.3, 0.4) is 0 Å². The number of para-hydroxylation sites is 1. The van der Waals surface area contributed by atoms with Crippen molar-refractivity contribution in [3.63, 3.8) is 0 Å². The summed E-state index contributed by atoms with van der Waals surface area (Å²) in [5.74, 6) is 3.83. The third kappa shape index (κ3) is 5.02. The minimum absolute atomic E-state index is 0.0125. The van der Waals surface area contributed by atoms with Gasteiger partial charge in [0.2, 0.25) is 11.8 Å². The van der Waals surface area contributed by atoms with E-state index in [9.17, 15) is 9.59 Å². The number of nitrogens with zero attached hydrogens (tertiary/aromatic N) is 1. The number of hydrogen-bond acceptors (Lipinski definition) is 3.